The molecule has 0 aromatic heterocycles. The molecule has 0 bridgehead atoms. The summed E-state index contributed by atoms with van der Waals surface area (Å²) in [5, 5.41) is 6.93. The van der Waals surface area contributed by atoms with E-state index in [1.165, 1.54) is 4.90 Å². The Balaban J connectivity index is 1.71. The van der Waals surface area contributed by atoms with Gasteiger partial charge in [0.05, 0.1) is 12.6 Å². The van der Waals surface area contributed by atoms with Crippen molar-refractivity contribution in [1.29, 1.82) is 0 Å². The van der Waals surface area contributed by atoms with E-state index in [9.17, 15) is 4.79 Å². The van der Waals surface area contributed by atoms with Crippen molar-refractivity contribution in [2.24, 2.45) is 4.99 Å². The molecular formula is C25H34N4O3. The highest BCUT2D eigenvalue weighted by molar-refractivity contribution is 5.80. The fourth-order valence-electron chi connectivity index (χ4n) is 3.59. The number of hydrogen-bond donors (Lipinski definition) is 2. The number of hydrogen-bond acceptors (Lipinski definition) is 4. The normalized spacial score (nSPS) is 17.0. The van der Waals surface area contributed by atoms with Gasteiger partial charge in [-0.15, -0.1) is 0 Å². The summed E-state index contributed by atoms with van der Waals surface area (Å²) in [4.78, 5) is 18.1. The van der Waals surface area contributed by atoms with Crippen LogP contribution in [0.2, 0.25) is 0 Å². The summed E-state index contributed by atoms with van der Waals surface area (Å²) in [6.45, 7) is 7.53. The first-order valence-electron chi connectivity index (χ1n) is 11.0. The Labute approximate surface area is 190 Å². The Morgan fingerprint density at radius 3 is 2.75 bits per heavy atom. The zero-order valence-corrected chi connectivity index (χ0v) is 19.6. The number of benzene rings is 2. The number of para-hydroxylation sites is 1. The summed E-state index contributed by atoms with van der Waals surface area (Å²) in [6.07, 6.45) is 0.831. The minimum absolute atomic E-state index is 0.0167. The standard InChI is InChI=1S/C25H34N4O3/c1-6-26-24(28-21-15-25(2,3)32-22-13-8-7-12-20(21)22)27-16-18-10-9-11-19(14-18)31-17-23(30)29(4)5/h7-14,21H,6,15-17H2,1-5H3,(H2,26,27,28). The van der Waals surface area contributed by atoms with E-state index in [4.69, 9.17) is 14.5 Å². The predicted octanol–water partition coefficient (Wildman–Crippen LogP) is 3.51. The van der Waals surface area contributed by atoms with Crippen molar-refractivity contribution in [2.45, 2.75) is 45.4 Å². The van der Waals surface area contributed by atoms with Gasteiger partial charge in [-0.25, -0.2) is 4.99 Å². The van der Waals surface area contributed by atoms with Gasteiger partial charge in [0.1, 0.15) is 17.1 Å². The average Bonchev–Trinajstić information content (AvgIpc) is 2.75. The van der Waals surface area contributed by atoms with E-state index in [0.717, 1.165) is 35.8 Å². The number of fused-ring (bicyclic) bond motifs is 1. The van der Waals surface area contributed by atoms with Crippen LogP contribution in [0.5, 0.6) is 11.5 Å². The molecule has 2 aromatic carbocycles. The number of nitrogens with one attached hydrogen (secondary N) is 2. The maximum Gasteiger partial charge on any atom is 0.259 e. The third kappa shape index (κ3) is 6.39. The molecule has 0 saturated carbocycles. The highest BCUT2D eigenvalue weighted by Crippen LogP contribution is 2.39. The van der Waals surface area contributed by atoms with Gasteiger partial charge in [-0.1, -0.05) is 30.3 Å². The number of ether oxygens (including phenoxy) is 2. The lowest BCUT2D eigenvalue weighted by Crippen LogP contribution is -2.45. The van der Waals surface area contributed by atoms with Gasteiger partial charge < -0.3 is 25.0 Å². The van der Waals surface area contributed by atoms with E-state index in [1.807, 2.05) is 42.5 Å². The third-order valence-corrected chi connectivity index (χ3v) is 5.21. The fraction of sp³-hybridized carbons (Fsp3) is 0.440. The molecule has 1 atom stereocenters. The van der Waals surface area contributed by atoms with Gasteiger partial charge in [-0.3, -0.25) is 4.79 Å². The Bertz CT molecular complexity index is 956. The molecule has 32 heavy (non-hydrogen) atoms. The maximum absolute atomic E-state index is 11.8. The predicted molar refractivity (Wildman–Crippen MR) is 127 cm³/mol. The molecular weight excluding hydrogens is 404 g/mol. The topological polar surface area (TPSA) is 75.2 Å². The molecule has 1 unspecified atom stereocenters. The smallest absolute Gasteiger partial charge is 0.259 e. The van der Waals surface area contributed by atoms with Crippen LogP contribution in [0.25, 0.3) is 0 Å². The van der Waals surface area contributed by atoms with Crippen molar-refractivity contribution in [3.05, 3.63) is 59.7 Å². The van der Waals surface area contributed by atoms with Gasteiger partial charge in [0, 0.05) is 32.6 Å². The second-order valence-corrected chi connectivity index (χ2v) is 8.72. The molecule has 1 aliphatic rings. The molecule has 172 valence electrons. The number of amides is 1. The molecule has 1 amide bonds. The van der Waals surface area contributed by atoms with Gasteiger partial charge in [0.2, 0.25) is 0 Å². The van der Waals surface area contributed by atoms with Crippen LogP contribution in [-0.2, 0) is 11.3 Å². The summed E-state index contributed by atoms with van der Waals surface area (Å²) >= 11 is 0. The van der Waals surface area contributed by atoms with Gasteiger partial charge in [-0.2, -0.15) is 0 Å². The first kappa shape index (κ1) is 23.4. The van der Waals surface area contributed by atoms with Gasteiger partial charge >= 0.3 is 0 Å². The number of rotatable bonds is 7. The first-order valence-corrected chi connectivity index (χ1v) is 11.0. The Kier molecular flexibility index (Phi) is 7.62. The second-order valence-electron chi connectivity index (χ2n) is 8.72. The molecule has 0 radical (unpaired) electrons. The van der Waals surface area contributed by atoms with Crippen molar-refractivity contribution in [3.63, 3.8) is 0 Å². The molecule has 0 saturated heterocycles. The number of likely N-dealkylation sites (N-methyl/N-ethyl adjacent to an activating group) is 1. The molecule has 7 nitrogen and oxygen atoms in total. The van der Waals surface area contributed by atoms with Crippen LogP contribution in [0.1, 0.15) is 44.4 Å². The van der Waals surface area contributed by atoms with E-state index in [0.29, 0.717) is 12.3 Å². The van der Waals surface area contributed by atoms with E-state index in [-0.39, 0.29) is 24.2 Å². The van der Waals surface area contributed by atoms with E-state index in [1.54, 1.807) is 14.1 Å². The summed E-state index contributed by atoms with van der Waals surface area (Å²) < 4.78 is 11.8. The number of carbonyl (C=O) groups is 1. The summed E-state index contributed by atoms with van der Waals surface area (Å²) in [6, 6.07) is 15.9. The fourth-order valence-corrected chi connectivity index (χ4v) is 3.59. The van der Waals surface area contributed by atoms with Crippen LogP contribution in [0, 0.1) is 0 Å². The molecule has 2 N–H and O–H groups in total. The Morgan fingerprint density at radius 2 is 2.00 bits per heavy atom. The molecule has 7 heteroatoms. The van der Waals surface area contributed by atoms with E-state index < -0.39 is 0 Å². The van der Waals surface area contributed by atoms with Crippen molar-refractivity contribution in [3.8, 4) is 11.5 Å². The first-order chi connectivity index (χ1) is 15.3. The molecule has 1 aliphatic heterocycles. The zero-order valence-electron chi connectivity index (χ0n) is 19.6. The monoisotopic (exact) mass is 438 g/mol. The lowest BCUT2D eigenvalue weighted by atomic mass is 9.90. The highest BCUT2D eigenvalue weighted by Gasteiger charge is 2.33. The quantitative estimate of drug-likeness (QED) is 0.511. The lowest BCUT2D eigenvalue weighted by molar-refractivity contribution is -0.130. The van der Waals surface area contributed by atoms with Crippen molar-refractivity contribution < 1.29 is 14.3 Å². The molecule has 3 rings (SSSR count). The summed E-state index contributed by atoms with van der Waals surface area (Å²) in [5.41, 5.74) is 1.88. The van der Waals surface area contributed by atoms with E-state index >= 15 is 0 Å². The van der Waals surface area contributed by atoms with Gasteiger partial charge in [0.15, 0.2) is 12.6 Å². The Hall–Kier alpha value is -3.22. The minimum Gasteiger partial charge on any atom is -0.487 e. The van der Waals surface area contributed by atoms with Gasteiger partial charge in [-0.05, 0) is 44.5 Å². The van der Waals surface area contributed by atoms with Crippen LogP contribution in [0.4, 0.5) is 0 Å². The number of carbonyl (C=O) groups excluding carboxylic acids is 1. The molecule has 2 aromatic rings. The van der Waals surface area contributed by atoms with Gasteiger partial charge in [0.25, 0.3) is 5.91 Å². The van der Waals surface area contributed by atoms with Crippen LogP contribution in [-0.4, -0.2) is 49.6 Å². The zero-order chi connectivity index (χ0) is 23.1. The summed E-state index contributed by atoms with van der Waals surface area (Å²) in [7, 11) is 3.42. The summed E-state index contributed by atoms with van der Waals surface area (Å²) in [5.74, 6) is 2.24. The van der Waals surface area contributed by atoms with Crippen molar-refractivity contribution in [1.82, 2.24) is 15.5 Å². The lowest BCUT2D eigenvalue weighted by Gasteiger charge is -2.38. The molecule has 1 heterocycles. The maximum atomic E-state index is 11.8. The van der Waals surface area contributed by atoms with Crippen LogP contribution in [0.15, 0.2) is 53.5 Å². The minimum atomic E-state index is -0.265. The highest BCUT2D eigenvalue weighted by atomic mass is 16.5. The van der Waals surface area contributed by atoms with Crippen molar-refractivity contribution in [2.75, 3.05) is 27.2 Å². The molecule has 0 aliphatic carbocycles. The Morgan fingerprint density at radius 1 is 1.22 bits per heavy atom. The second kappa shape index (κ2) is 10.4. The largest absolute Gasteiger partial charge is 0.487 e. The third-order valence-electron chi connectivity index (χ3n) is 5.21. The molecule has 0 fully saturated rings. The van der Waals surface area contributed by atoms with Crippen LogP contribution < -0.4 is 20.1 Å². The van der Waals surface area contributed by atoms with Crippen LogP contribution in [0.3, 0.4) is 0 Å². The van der Waals surface area contributed by atoms with Crippen LogP contribution >= 0.6 is 0 Å². The van der Waals surface area contributed by atoms with Crippen molar-refractivity contribution >= 4 is 11.9 Å². The number of nitrogens with zero attached hydrogens (tertiary/aromatic N) is 2. The number of aliphatic imine (C=N–C) groups is 1. The average molecular weight is 439 g/mol. The molecule has 0 spiro atoms. The van der Waals surface area contributed by atoms with E-state index in [2.05, 4.69) is 37.5 Å². The SMILES string of the molecule is CCNC(=NCc1cccc(OCC(=O)N(C)C)c1)NC1CC(C)(C)Oc2ccccc21. The number of guanidine groups is 1.